The summed E-state index contributed by atoms with van der Waals surface area (Å²) in [7, 11) is 1.16. The molecule has 1 aliphatic rings. The van der Waals surface area contributed by atoms with Crippen molar-refractivity contribution in [1.82, 2.24) is 0 Å². The number of carbonyl (C=O) groups is 2. The highest BCUT2D eigenvalue weighted by Crippen LogP contribution is 2.45. The Morgan fingerprint density at radius 1 is 1.56 bits per heavy atom. The van der Waals surface area contributed by atoms with Gasteiger partial charge >= 0.3 is 5.97 Å². The minimum Gasteiger partial charge on any atom is -0.467 e. The number of benzene rings is 1. The lowest BCUT2D eigenvalue weighted by Gasteiger charge is -2.14. The number of halogens is 1. The Hall–Kier alpha value is -1.60. The lowest BCUT2D eigenvalue weighted by molar-refractivity contribution is -0.150. The van der Waals surface area contributed by atoms with E-state index in [1.54, 1.807) is 0 Å². The molecule has 0 saturated heterocycles. The van der Waals surface area contributed by atoms with Crippen molar-refractivity contribution in [3.8, 4) is 11.5 Å². The van der Waals surface area contributed by atoms with Crippen molar-refractivity contribution < 1.29 is 28.9 Å². The van der Waals surface area contributed by atoms with Crippen molar-refractivity contribution >= 4 is 28.2 Å². The summed E-state index contributed by atoms with van der Waals surface area (Å²) in [5.41, 5.74) is 0.454. The maximum Gasteiger partial charge on any atom is 0.339 e. The molecule has 1 atom stereocenters. The highest BCUT2D eigenvalue weighted by atomic mass is 79.9. The predicted octanol–water partition coefficient (Wildman–Crippen LogP) is 1.20. The van der Waals surface area contributed by atoms with Gasteiger partial charge in [0.05, 0.1) is 18.2 Å². The largest absolute Gasteiger partial charge is 0.467 e. The number of hydrogen-bond acceptors (Lipinski definition) is 6. The number of aliphatic hydroxyl groups excluding tert-OH is 1. The third-order valence-corrected chi connectivity index (χ3v) is 3.14. The van der Waals surface area contributed by atoms with Gasteiger partial charge in [0.25, 0.3) is 0 Å². The van der Waals surface area contributed by atoms with Gasteiger partial charge in [0, 0.05) is 4.47 Å². The minimum atomic E-state index is -1.51. The zero-order chi connectivity index (χ0) is 13.3. The first-order chi connectivity index (χ1) is 8.60. The van der Waals surface area contributed by atoms with E-state index in [0.717, 1.165) is 7.11 Å². The maximum atomic E-state index is 11.4. The van der Waals surface area contributed by atoms with Gasteiger partial charge in [-0.25, -0.2) is 4.79 Å². The molecule has 0 saturated carbocycles. The van der Waals surface area contributed by atoms with Crippen molar-refractivity contribution in [3.05, 3.63) is 21.7 Å². The number of carbonyl (C=O) groups excluding carboxylic acids is 2. The van der Waals surface area contributed by atoms with Crippen molar-refractivity contribution in [2.45, 2.75) is 6.10 Å². The van der Waals surface area contributed by atoms with Gasteiger partial charge in [0.15, 0.2) is 23.9 Å². The van der Waals surface area contributed by atoms with Crippen LogP contribution in [0.15, 0.2) is 10.5 Å². The molecule has 0 spiro atoms. The van der Waals surface area contributed by atoms with Crippen LogP contribution in [0.5, 0.6) is 11.5 Å². The van der Waals surface area contributed by atoms with E-state index in [-0.39, 0.29) is 29.4 Å². The lowest BCUT2D eigenvalue weighted by atomic mass is 10.0. The zero-order valence-corrected chi connectivity index (χ0v) is 10.9. The molecule has 0 radical (unpaired) electrons. The van der Waals surface area contributed by atoms with E-state index < -0.39 is 12.1 Å². The van der Waals surface area contributed by atoms with E-state index >= 15 is 0 Å². The molecule has 0 amide bonds. The van der Waals surface area contributed by atoms with Crippen LogP contribution in [0.3, 0.4) is 0 Å². The highest BCUT2D eigenvalue weighted by Gasteiger charge is 2.31. The maximum absolute atomic E-state index is 11.4. The van der Waals surface area contributed by atoms with E-state index in [1.807, 2.05) is 0 Å². The van der Waals surface area contributed by atoms with E-state index in [0.29, 0.717) is 10.8 Å². The number of hydrogen-bond donors (Lipinski definition) is 1. The van der Waals surface area contributed by atoms with Crippen molar-refractivity contribution in [2.75, 3.05) is 13.9 Å². The molecule has 0 aromatic heterocycles. The Morgan fingerprint density at radius 3 is 2.83 bits per heavy atom. The van der Waals surface area contributed by atoms with Crippen LogP contribution >= 0.6 is 15.9 Å². The standard InChI is InChI=1S/C11H9BrO6/c1-16-11(15)8(14)7-6(12)2-5(3-13)9-10(7)18-4-17-9/h2-3,8,14H,4H2,1H3. The molecular weight excluding hydrogens is 308 g/mol. The summed E-state index contributed by atoms with van der Waals surface area (Å²) in [4.78, 5) is 22.2. The zero-order valence-electron chi connectivity index (χ0n) is 9.31. The molecule has 0 bridgehead atoms. The van der Waals surface area contributed by atoms with E-state index in [9.17, 15) is 14.7 Å². The number of esters is 1. The lowest BCUT2D eigenvalue weighted by Crippen LogP contribution is -2.15. The number of methoxy groups -OCH3 is 1. The van der Waals surface area contributed by atoms with Crippen molar-refractivity contribution in [1.29, 1.82) is 0 Å². The molecule has 1 N–H and O–H groups in total. The molecule has 7 heteroatoms. The van der Waals surface area contributed by atoms with Crippen LogP contribution in [0.2, 0.25) is 0 Å². The smallest absolute Gasteiger partial charge is 0.339 e. The normalized spacial score (nSPS) is 14.2. The Labute approximate surface area is 111 Å². The summed E-state index contributed by atoms with van der Waals surface area (Å²) in [6.07, 6.45) is -0.910. The van der Waals surface area contributed by atoms with Crippen LogP contribution in [-0.2, 0) is 9.53 Å². The third-order valence-electron chi connectivity index (χ3n) is 2.48. The molecule has 0 aliphatic carbocycles. The fourth-order valence-electron chi connectivity index (χ4n) is 1.65. The van der Waals surface area contributed by atoms with Gasteiger partial charge in [-0.15, -0.1) is 0 Å². The first kappa shape index (κ1) is 12.8. The second-order valence-electron chi connectivity index (χ2n) is 3.47. The van der Waals surface area contributed by atoms with E-state index in [4.69, 9.17) is 9.47 Å². The number of aliphatic hydroxyl groups is 1. The highest BCUT2D eigenvalue weighted by molar-refractivity contribution is 9.10. The van der Waals surface area contributed by atoms with Gasteiger partial charge in [0.1, 0.15) is 0 Å². The molecule has 2 rings (SSSR count). The van der Waals surface area contributed by atoms with Crippen molar-refractivity contribution in [2.24, 2.45) is 0 Å². The van der Waals surface area contributed by atoms with Gasteiger partial charge in [0.2, 0.25) is 6.79 Å². The Bertz CT molecular complexity index is 513. The Kier molecular flexibility index (Phi) is 3.53. The van der Waals surface area contributed by atoms with Crippen LogP contribution in [0.1, 0.15) is 22.0 Å². The molecule has 6 nitrogen and oxygen atoms in total. The summed E-state index contributed by atoms with van der Waals surface area (Å²) >= 11 is 3.18. The monoisotopic (exact) mass is 316 g/mol. The second kappa shape index (κ2) is 4.95. The fourth-order valence-corrected chi connectivity index (χ4v) is 2.30. The average Bonchev–Trinajstić information content (AvgIpc) is 2.84. The fraction of sp³-hybridized carbons (Fsp3) is 0.273. The van der Waals surface area contributed by atoms with Gasteiger partial charge < -0.3 is 19.3 Å². The summed E-state index contributed by atoms with van der Waals surface area (Å²) in [6, 6.07) is 1.45. The predicted molar refractivity (Wildman–Crippen MR) is 62.6 cm³/mol. The molecular formula is C11H9BrO6. The molecule has 1 aliphatic heterocycles. The molecule has 96 valence electrons. The summed E-state index contributed by atoms with van der Waals surface area (Å²) in [5, 5.41) is 9.87. The van der Waals surface area contributed by atoms with Crippen LogP contribution in [0.4, 0.5) is 0 Å². The molecule has 1 aromatic rings. The Morgan fingerprint density at radius 2 is 2.22 bits per heavy atom. The van der Waals surface area contributed by atoms with Gasteiger partial charge in [-0.05, 0) is 6.07 Å². The van der Waals surface area contributed by atoms with Crippen LogP contribution in [0, 0.1) is 0 Å². The van der Waals surface area contributed by atoms with Gasteiger partial charge in [-0.2, -0.15) is 0 Å². The Balaban J connectivity index is 2.58. The molecule has 1 aromatic carbocycles. The third kappa shape index (κ3) is 1.95. The molecule has 1 heterocycles. The number of ether oxygens (including phenoxy) is 3. The first-order valence-corrected chi connectivity index (χ1v) is 5.72. The van der Waals surface area contributed by atoms with Crippen LogP contribution in [0.25, 0.3) is 0 Å². The first-order valence-electron chi connectivity index (χ1n) is 4.93. The summed E-state index contributed by atoms with van der Waals surface area (Å²) < 4.78 is 15.2. The van der Waals surface area contributed by atoms with Gasteiger partial charge in [-0.3, -0.25) is 4.79 Å². The second-order valence-corrected chi connectivity index (χ2v) is 4.32. The van der Waals surface area contributed by atoms with Crippen molar-refractivity contribution in [3.63, 3.8) is 0 Å². The molecule has 1 unspecified atom stereocenters. The van der Waals surface area contributed by atoms with E-state index in [2.05, 4.69) is 20.7 Å². The quantitative estimate of drug-likeness (QED) is 0.666. The van der Waals surface area contributed by atoms with E-state index in [1.165, 1.54) is 6.07 Å². The summed E-state index contributed by atoms with van der Waals surface area (Å²) in [6.45, 7) is -0.0759. The number of rotatable bonds is 3. The van der Waals surface area contributed by atoms with Crippen LogP contribution < -0.4 is 9.47 Å². The molecule has 0 fully saturated rings. The topological polar surface area (TPSA) is 82.1 Å². The SMILES string of the molecule is COC(=O)C(O)c1c(Br)cc(C=O)c2c1OCO2. The molecule has 18 heavy (non-hydrogen) atoms. The number of aldehydes is 1. The minimum absolute atomic E-state index is 0.0759. The number of fused-ring (bicyclic) bond motifs is 1. The van der Waals surface area contributed by atoms with Gasteiger partial charge in [-0.1, -0.05) is 15.9 Å². The average molecular weight is 317 g/mol. The van der Waals surface area contributed by atoms with Crippen LogP contribution in [-0.4, -0.2) is 31.3 Å². The summed E-state index contributed by atoms with van der Waals surface area (Å²) in [5.74, 6) is -0.442.